The molecular formula is C14H24N4O2S. The highest BCUT2D eigenvalue weighted by Crippen LogP contribution is 2.29. The van der Waals surface area contributed by atoms with Crippen molar-refractivity contribution in [3.8, 4) is 0 Å². The number of nitrogens with zero attached hydrogens (tertiary/aromatic N) is 4. The van der Waals surface area contributed by atoms with E-state index >= 15 is 0 Å². The molecule has 1 saturated carbocycles. The van der Waals surface area contributed by atoms with Gasteiger partial charge in [-0.25, -0.2) is 0 Å². The van der Waals surface area contributed by atoms with Crippen LogP contribution in [0.4, 0.5) is 5.95 Å². The number of hydrogen-bond donors (Lipinski definition) is 1. The maximum atomic E-state index is 10.7. The van der Waals surface area contributed by atoms with Crippen LogP contribution < -0.4 is 4.90 Å². The molecule has 0 aromatic carbocycles. The Balaban J connectivity index is 2.17. The number of carbonyl (C=O) groups is 1. The zero-order chi connectivity index (χ0) is 15.4. The van der Waals surface area contributed by atoms with Gasteiger partial charge in [0.2, 0.25) is 5.95 Å². The SMILES string of the molecule is CC(C)CN(c1nnc(SCC(=O)O)n1C)C1CCCC1. The molecule has 0 aliphatic heterocycles. The molecule has 1 fully saturated rings. The number of rotatable bonds is 7. The molecule has 118 valence electrons. The van der Waals surface area contributed by atoms with Crippen LogP contribution in [0.25, 0.3) is 0 Å². The third kappa shape index (κ3) is 4.12. The van der Waals surface area contributed by atoms with E-state index in [2.05, 4.69) is 28.9 Å². The average molecular weight is 312 g/mol. The summed E-state index contributed by atoms with van der Waals surface area (Å²) in [5.41, 5.74) is 0. The van der Waals surface area contributed by atoms with Crippen molar-refractivity contribution in [2.24, 2.45) is 13.0 Å². The van der Waals surface area contributed by atoms with Crippen molar-refractivity contribution in [3.05, 3.63) is 0 Å². The molecule has 1 aromatic heterocycles. The van der Waals surface area contributed by atoms with Crippen LogP contribution in [0.2, 0.25) is 0 Å². The van der Waals surface area contributed by atoms with E-state index < -0.39 is 5.97 Å². The first-order valence-corrected chi connectivity index (χ1v) is 8.48. The maximum Gasteiger partial charge on any atom is 0.313 e. The molecule has 0 bridgehead atoms. The third-order valence-corrected chi connectivity index (χ3v) is 4.73. The predicted octanol–water partition coefficient (Wildman–Crippen LogP) is 2.40. The summed E-state index contributed by atoms with van der Waals surface area (Å²) in [6.45, 7) is 5.37. The van der Waals surface area contributed by atoms with E-state index in [1.54, 1.807) is 0 Å². The molecule has 0 spiro atoms. The summed E-state index contributed by atoms with van der Waals surface area (Å²) in [5.74, 6) is 0.597. The quantitative estimate of drug-likeness (QED) is 0.780. The average Bonchev–Trinajstić information content (AvgIpc) is 3.03. The maximum absolute atomic E-state index is 10.7. The Bertz CT molecular complexity index is 483. The molecule has 0 unspecified atom stereocenters. The topological polar surface area (TPSA) is 71.2 Å². The lowest BCUT2D eigenvalue weighted by molar-refractivity contribution is -0.133. The Morgan fingerprint density at radius 3 is 2.67 bits per heavy atom. The summed E-state index contributed by atoms with van der Waals surface area (Å²) < 4.78 is 1.92. The molecule has 0 radical (unpaired) electrons. The summed E-state index contributed by atoms with van der Waals surface area (Å²) in [7, 11) is 1.92. The van der Waals surface area contributed by atoms with E-state index in [1.807, 2.05) is 11.6 Å². The van der Waals surface area contributed by atoms with E-state index in [9.17, 15) is 4.79 Å². The van der Waals surface area contributed by atoms with E-state index in [4.69, 9.17) is 5.11 Å². The molecule has 7 heteroatoms. The van der Waals surface area contributed by atoms with Gasteiger partial charge in [-0.3, -0.25) is 9.36 Å². The fourth-order valence-electron chi connectivity index (χ4n) is 2.81. The van der Waals surface area contributed by atoms with Gasteiger partial charge in [0.15, 0.2) is 5.16 Å². The van der Waals surface area contributed by atoms with Crippen LogP contribution in [-0.4, -0.2) is 44.2 Å². The van der Waals surface area contributed by atoms with Crippen molar-refractivity contribution in [3.63, 3.8) is 0 Å². The summed E-state index contributed by atoms with van der Waals surface area (Å²) in [6, 6.07) is 0.535. The van der Waals surface area contributed by atoms with Crippen LogP contribution in [0.5, 0.6) is 0 Å². The standard InChI is InChI=1S/C14H24N4O2S/c1-10(2)8-18(11-6-4-5-7-11)13-15-16-14(17(13)3)21-9-12(19)20/h10-11H,4-9H2,1-3H3,(H,19,20). The van der Waals surface area contributed by atoms with Crippen molar-refractivity contribution in [1.29, 1.82) is 0 Å². The Labute approximate surface area is 129 Å². The van der Waals surface area contributed by atoms with E-state index in [1.165, 1.54) is 37.4 Å². The number of carboxylic acid groups (broad SMARTS) is 1. The largest absolute Gasteiger partial charge is 0.481 e. The van der Waals surface area contributed by atoms with Crippen LogP contribution in [0.3, 0.4) is 0 Å². The van der Waals surface area contributed by atoms with Crippen LogP contribution in [-0.2, 0) is 11.8 Å². The van der Waals surface area contributed by atoms with Crippen LogP contribution >= 0.6 is 11.8 Å². The molecular weight excluding hydrogens is 288 g/mol. The summed E-state index contributed by atoms with van der Waals surface area (Å²) in [4.78, 5) is 13.0. The second-order valence-corrected chi connectivity index (χ2v) is 6.95. The minimum Gasteiger partial charge on any atom is -0.481 e. The van der Waals surface area contributed by atoms with Crippen molar-refractivity contribution < 1.29 is 9.90 Å². The number of anilines is 1. The molecule has 0 atom stereocenters. The van der Waals surface area contributed by atoms with Crippen molar-refractivity contribution in [2.75, 3.05) is 17.2 Å². The Morgan fingerprint density at radius 2 is 2.10 bits per heavy atom. The summed E-state index contributed by atoms with van der Waals surface area (Å²) in [6.07, 6.45) is 4.96. The molecule has 1 aliphatic rings. The normalized spacial score (nSPS) is 15.8. The van der Waals surface area contributed by atoms with Gasteiger partial charge >= 0.3 is 5.97 Å². The molecule has 1 aromatic rings. The minimum absolute atomic E-state index is 0.0135. The highest BCUT2D eigenvalue weighted by molar-refractivity contribution is 7.99. The molecule has 0 saturated heterocycles. The van der Waals surface area contributed by atoms with Gasteiger partial charge in [0.1, 0.15) is 0 Å². The van der Waals surface area contributed by atoms with Gasteiger partial charge in [0.05, 0.1) is 5.75 Å². The number of thioether (sulfide) groups is 1. The van der Waals surface area contributed by atoms with Gasteiger partial charge in [-0.1, -0.05) is 38.5 Å². The van der Waals surface area contributed by atoms with E-state index in [0.29, 0.717) is 17.1 Å². The monoisotopic (exact) mass is 312 g/mol. The first-order valence-electron chi connectivity index (χ1n) is 7.49. The molecule has 2 rings (SSSR count). The van der Waals surface area contributed by atoms with E-state index in [-0.39, 0.29) is 5.75 Å². The van der Waals surface area contributed by atoms with Gasteiger partial charge in [0.25, 0.3) is 0 Å². The van der Waals surface area contributed by atoms with Gasteiger partial charge in [-0.15, -0.1) is 10.2 Å². The minimum atomic E-state index is -0.834. The summed E-state index contributed by atoms with van der Waals surface area (Å²) in [5, 5.41) is 17.9. The second kappa shape index (κ2) is 7.15. The van der Waals surface area contributed by atoms with Gasteiger partial charge in [-0.2, -0.15) is 0 Å². The Morgan fingerprint density at radius 1 is 1.43 bits per heavy atom. The van der Waals surface area contributed by atoms with E-state index in [0.717, 1.165) is 12.5 Å². The van der Waals surface area contributed by atoms with Gasteiger partial charge in [-0.05, 0) is 18.8 Å². The lowest BCUT2D eigenvalue weighted by atomic mass is 10.1. The van der Waals surface area contributed by atoms with Gasteiger partial charge in [0, 0.05) is 19.6 Å². The predicted molar refractivity (Wildman–Crippen MR) is 83.8 cm³/mol. The highest BCUT2D eigenvalue weighted by atomic mass is 32.2. The first-order chi connectivity index (χ1) is 9.99. The molecule has 0 amide bonds. The smallest absolute Gasteiger partial charge is 0.313 e. The van der Waals surface area contributed by atoms with Crippen LogP contribution in [0.15, 0.2) is 5.16 Å². The number of carboxylic acids is 1. The van der Waals surface area contributed by atoms with Crippen LogP contribution in [0.1, 0.15) is 39.5 Å². The molecule has 1 heterocycles. The van der Waals surface area contributed by atoms with Crippen molar-refractivity contribution in [1.82, 2.24) is 14.8 Å². The molecule has 1 aliphatic carbocycles. The Kier molecular flexibility index (Phi) is 5.50. The first kappa shape index (κ1) is 16.1. The number of hydrogen-bond acceptors (Lipinski definition) is 5. The molecule has 1 N–H and O–H groups in total. The fourth-order valence-corrected chi connectivity index (χ4v) is 3.44. The highest BCUT2D eigenvalue weighted by Gasteiger charge is 2.27. The molecule has 21 heavy (non-hydrogen) atoms. The Hall–Kier alpha value is -1.24. The zero-order valence-corrected chi connectivity index (χ0v) is 13.8. The van der Waals surface area contributed by atoms with Crippen LogP contribution in [0, 0.1) is 5.92 Å². The summed E-state index contributed by atoms with van der Waals surface area (Å²) >= 11 is 1.22. The number of aromatic nitrogens is 3. The third-order valence-electron chi connectivity index (χ3n) is 3.72. The zero-order valence-electron chi connectivity index (χ0n) is 12.9. The number of aliphatic carboxylic acids is 1. The van der Waals surface area contributed by atoms with Gasteiger partial charge < -0.3 is 10.0 Å². The van der Waals surface area contributed by atoms with Crippen molar-refractivity contribution in [2.45, 2.75) is 50.7 Å². The lowest BCUT2D eigenvalue weighted by Gasteiger charge is -2.31. The van der Waals surface area contributed by atoms with Crippen molar-refractivity contribution >= 4 is 23.7 Å². The fraction of sp³-hybridized carbons (Fsp3) is 0.786. The molecule has 6 nitrogen and oxygen atoms in total. The lowest BCUT2D eigenvalue weighted by Crippen LogP contribution is -2.38. The second-order valence-electron chi connectivity index (χ2n) is 6.01.